The molecule has 0 saturated heterocycles. The number of aryl methyl sites for hydroxylation is 1. The van der Waals surface area contributed by atoms with Crippen molar-refractivity contribution in [3.8, 4) is 11.4 Å². The molecular weight excluding hydrogens is 250 g/mol. The minimum atomic E-state index is 0.587. The third-order valence-corrected chi connectivity index (χ3v) is 3.16. The second-order valence-electron chi connectivity index (χ2n) is 4.75. The predicted octanol–water partition coefficient (Wildman–Crippen LogP) is 3.22. The van der Waals surface area contributed by atoms with Gasteiger partial charge in [-0.15, -0.1) is 0 Å². The summed E-state index contributed by atoms with van der Waals surface area (Å²) in [6.07, 6.45) is 0.587. The van der Waals surface area contributed by atoms with E-state index < -0.39 is 0 Å². The van der Waals surface area contributed by atoms with E-state index in [1.807, 2.05) is 55.5 Å². The predicted molar refractivity (Wildman–Crippen MR) is 78.1 cm³/mol. The van der Waals surface area contributed by atoms with Gasteiger partial charge in [0, 0.05) is 11.3 Å². The lowest BCUT2D eigenvalue weighted by Crippen LogP contribution is -1.91. The van der Waals surface area contributed by atoms with Gasteiger partial charge in [-0.1, -0.05) is 41.6 Å². The molecule has 0 fully saturated rings. The molecule has 4 nitrogen and oxygen atoms in total. The molecule has 0 aliphatic heterocycles. The maximum absolute atomic E-state index is 5.76. The monoisotopic (exact) mass is 265 g/mol. The summed E-state index contributed by atoms with van der Waals surface area (Å²) in [7, 11) is 0. The zero-order valence-electron chi connectivity index (χ0n) is 11.2. The fourth-order valence-corrected chi connectivity index (χ4v) is 2.14. The van der Waals surface area contributed by atoms with Gasteiger partial charge in [0.1, 0.15) is 0 Å². The van der Waals surface area contributed by atoms with Crippen molar-refractivity contribution < 1.29 is 4.52 Å². The minimum absolute atomic E-state index is 0.587. The van der Waals surface area contributed by atoms with Crippen LogP contribution in [-0.4, -0.2) is 10.1 Å². The fraction of sp³-hybridized carbons (Fsp3) is 0.125. The second-order valence-corrected chi connectivity index (χ2v) is 4.75. The van der Waals surface area contributed by atoms with E-state index in [0.29, 0.717) is 18.1 Å². The Bertz CT molecular complexity index is 734. The standard InChI is InChI=1S/C16H15N3O/c1-11-5-2-3-8-14(11)16-18-15(20-19-16)10-12-6-4-7-13(17)9-12/h2-9H,10,17H2,1H3. The molecule has 2 aromatic carbocycles. The Labute approximate surface area is 117 Å². The molecule has 0 saturated carbocycles. The molecule has 0 bridgehead atoms. The molecule has 3 aromatic rings. The van der Waals surface area contributed by atoms with Crippen LogP contribution in [0, 0.1) is 6.92 Å². The molecule has 0 aliphatic rings. The summed E-state index contributed by atoms with van der Waals surface area (Å²) in [6, 6.07) is 15.7. The highest BCUT2D eigenvalue weighted by molar-refractivity contribution is 5.59. The Hall–Kier alpha value is -2.62. The Morgan fingerprint density at radius 3 is 2.75 bits per heavy atom. The van der Waals surface area contributed by atoms with Gasteiger partial charge < -0.3 is 10.3 Å². The summed E-state index contributed by atoms with van der Waals surface area (Å²) in [5, 5.41) is 4.05. The van der Waals surface area contributed by atoms with Crippen LogP contribution in [0.3, 0.4) is 0 Å². The molecule has 0 spiro atoms. The molecule has 0 aliphatic carbocycles. The average molecular weight is 265 g/mol. The number of hydrogen-bond donors (Lipinski definition) is 1. The van der Waals surface area contributed by atoms with Gasteiger partial charge in [0.15, 0.2) is 0 Å². The molecule has 1 heterocycles. The van der Waals surface area contributed by atoms with Crippen LogP contribution in [0.5, 0.6) is 0 Å². The van der Waals surface area contributed by atoms with Crippen LogP contribution in [0.1, 0.15) is 17.0 Å². The van der Waals surface area contributed by atoms with Gasteiger partial charge in [0.05, 0.1) is 6.42 Å². The zero-order valence-corrected chi connectivity index (χ0v) is 11.2. The van der Waals surface area contributed by atoms with Crippen molar-refractivity contribution in [3.05, 3.63) is 65.5 Å². The highest BCUT2D eigenvalue weighted by atomic mass is 16.5. The fourth-order valence-electron chi connectivity index (χ4n) is 2.14. The molecule has 4 heteroatoms. The van der Waals surface area contributed by atoms with E-state index in [2.05, 4.69) is 10.1 Å². The van der Waals surface area contributed by atoms with E-state index in [0.717, 1.165) is 22.4 Å². The third kappa shape index (κ3) is 2.54. The third-order valence-electron chi connectivity index (χ3n) is 3.16. The summed E-state index contributed by atoms with van der Waals surface area (Å²) in [6.45, 7) is 2.03. The summed E-state index contributed by atoms with van der Waals surface area (Å²) in [4.78, 5) is 4.45. The van der Waals surface area contributed by atoms with Crippen LogP contribution in [0.2, 0.25) is 0 Å². The highest BCUT2D eigenvalue weighted by Crippen LogP contribution is 2.20. The number of nitrogens with zero attached hydrogens (tertiary/aromatic N) is 2. The van der Waals surface area contributed by atoms with Crippen molar-refractivity contribution in [2.45, 2.75) is 13.3 Å². The normalized spacial score (nSPS) is 10.7. The lowest BCUT2D eigenvalue weighted by atomic mass is 10.1. The first-order chi connectivity index (χ1) is 9.72. The number of aromatic nitrogens is 2. The van der Waals surface area contributed by atoms with Crippen molar-refractivity contribution in [3.63, 3.8) is 0 Å². The molecule has 3 rings (SSSR count). The molecule has 20 heavy (non-hydrogen) atoms. The lowest BCUT2D eigenvalue weighted by Gasteiger charge is -1.99. The van der Waals surface area contributed by atoms with E-state index in [4.69, 9.17) is 10.3 Å². The zero-order chi connectivity index (χ0) is 13.9. The number of rotatable bonds is 3. The van der Waals surface area contributed by atoms with Gasteiger partial charge in [0.25, 0.3) is 0 Å². The van der Waals surface area contributed by atoms with E-state index >= 15 is 0 Å². The number of benzene rings is 2. The summed E-state index contributed by atoms with van der Waals surface area (Å²) in [5.41, 5.74) is 9.68. The number of anilines is 1. The van der Waals surface area contributed by atoms with E-state index in [1.54, 1.807) is 0 Å². The van der Waals surface area contributed by atoms with Gasteiger partial charge in [-0.3, -0.25) is 0 Å². The molecule has 0 radical (unpaired) electrons. The van der Waals surface area contributed by atoms with Crippen LogP contribution in [0.15, 0.2) is 53.1 Å². The first-order valence-corrected chi connectivity index (χ1v) is 6.45. The Balaban J connectivity index is 1.86. The van der Waals surface area contributed by atoms with Crippen LogP contribution >= 0.6 is 0 Å². The Morgan fingerprint density at radius 2 is 1.95 bits per heavy atom. The summed E-state index contributed by atoms with van der Waals surface area (Å²) < 4.78 is 5.32. The SMILES string of the molecule is Cc1ccccc1-c1noc(Cc2cccc(N)c2)n1. The van der Waals surface area contributed by atoms with Crippen molar-refractivity contribution in [2.75, 3.05) is 5.73 Å². The Kier molecular flexibility index (Phi) is 3.21. The first-order valence-electron chi connectivity index (χ1n) is 6.45. The molecular formula is C16H15N3O. The minimum Gasteiger partial charge on any atom is -0.399 e. The van der Waals surface area contributed by atoms with Crippen LogP contribution < -0.4 is 5.73 Å². The second kappa shape index (κ2) is 5.17. The van der Waals surface area contributed by atoms with Crippen molar-refractivity contribution >= 4 is 5.69 Å². The Morgan fingerprint density at radius 1 is 1.10 bits per heavy atom. The quantitative estimate of drug-likeness (QED) is 0.738. The first kappa shape index (κ1) is 12.4. The smallest absolute Gasteiger partial charge is 0.231 e. The van der Waals surface area contributed by atoms with E-state index in [9.17, 15) is 0 Å². The maximum Gasteiger partial charge on any atom is 0.231 e. The van der Waals surface area contributed by atoms with Crippen molar-refractivity contribution in [1.29, 1.82) is 0 Å². The van der Waals surface area contributed by atoms with Gasteiger partial charge in [-0.2, -0.15) is 4.98 Å². The lowest BCUT2D eigenvalue weighted by molar-refractivity contribution is 0.385. The number of nitrogens with two attached hydrogens (primary N) is 1. The molecule has 2 N–H and O–H groups in total. The molecule has 0 unspecified atom stereocenters. The van der Waals surface area contributed by atoms with Gasteiger partial charge >= 0.3 is 0 Å². The summed E-state index contributed by atoms with van der Waals surface area (Å²) in [5.74, 6) is 1.22. The van der Waals surface area contributed by atoms with Crippen LogP contribution in [0.25, 0.3) is 11.4 Å². The van der Waals surface area contributed by atoms with Crippen LogP contribution in [0.4, 0.5) is 5.69 Å². The van der Waals surface area contributed by atoms with Crippen molar-refractivity contribution in [2.24, 2.45) is 0 Å². The average Bonchev–Trinajstić information content (AvgIpc) is 2.87. The largest absolute Gasteiger partial charge is 0.399 e. The maximum atomic E-state index is 5.76. The van der Waals surface area contributed by atoms with Crippen LogP contribution in [-0.2, 0) is 6.42 Å². The van der Waals surface area contributed by atoms with Crippen molar-refractivity contribution in [1.82, 2.24) is 10.1 Å². The molecule has 100 valence electrons. The van der Waals surface area contributed by atoms with Gasteiger partial charge in [-0.05, 0) is 30.2 Å². The highest BCUT2D eigenvalue weighted by Gasteiger charge is 2.10. The van der Waals surface area contributed by atoms with Gasteiger partial charge in [-0.25, -0.2) is 0 Å². The number of hydrogen-bond acceptors (Lipinski definition) is 4. The molecule has 0 atom stereocenters. The topological polar surface area (TPSA) is 64.9 Å². The van der Waals surface area contributed by atoms with Gasteiger partial charge in [0.2, 0.25) is 11.7 Å². The van der Waals surface area contributed by atoms with E-state index in [1.165, 1.54) is 0 Å². The molecule has 0 amide bonds. The number of nitrogen functional groups attached to an aromatic ring is 1. The summed E-state index contributed by atoms with van der Waals surface area (Å²) >= 11 is 0. The molecule has 1 aromatic heterocycles. The van der Waals surface area contributed by atoms with E-state index in [-0.39, 0.29) is 0 Å².